The van der Waals surface area contributed by atoms with Crippen molar-refractivity contribution >= 4 is 0 Å². The van der Waals surface area contributed by atoms with Gasteiger partial charge < -0.3 is 5.11 Å². The van der Waals surface area contributed by atoms with Crippen molar-refractivity contribution in [2.24, 2.45) is 35.5 Å². The highest BCUT2D eigenvalue weighted by Crippen LogP contribution is 3.04. The van der Waals surface area contributed by atoms with Gasteiger partial charge in [-0.3, -0.25) is 0 Å². The second-order valence-corrected chi connectivity index (χ2v) is 4.87. The molecular weight excluding hydrogens is 131 g/mol. The van der Waals surface area contributed by atoms with Crippen molar-refractivity contribution in [1.29, 1.82) is 0 Å². The fourth-order valence-corrected chi connectivity index (χ4v) is 5.34. The Hall–Kier alpha value is -0.110. The molecule has 52 valence electrons. The molecule has 6 rings (SSSR count). The summed E-state index contributed by atoms with van der Waals surface area (Å²) in [5.41, 5.74) is -1.02. The van der Waals surface area contributed by atoms with Crippen LogP contribution in [0.1, 0.15) is 0 Å². The molecule has 0 aromatic carbocycles. The van der Waals surface area contributed by atoms with E-state index in [2.05, 4.69) is 0 Å². The van der Waals surface area contributed by atoms with Gasteiger partial charge in [0.1, 0.15) is 5.67 Å². The Kier molecular flexibility index (Phi) is 0.251. The predicted molar refractivity (Wildman–Crippen MR) is 29.7 cm³/mol. The summed E-state index contributed by atoms with van der Waals surface area (Å²) in [6, 6.07) is 0. The summed E-state index contributed by atoms with van der Waals surface area (Å²) in [5, 5.41) is 9.75. The van der Waals surface area contributed by atoms with Crippen molar-refractivity contribution in [2.45, 2.75) is 11.3 Å². The molecule has 0 saturated heterocycles. The number of halogens is 1. The third kappa shape index (κ3) is 0.104. The quantitative estimate of drug-likeness (QED) is 0.506. The summed E-state index contributed by atoms with van der Waals surface area (Å²) in [7, 11) is 0. The van der Waals surface area contributed by atoms with Crippen molar-refractivity contribution in [3.8, 4) is 0 Å². The van der Waals surface area contributed by atoms with Crippen LogP contribution in [0.15, 0.2) is 0 Å². The second-order valence-electron chi connectivity index (χ2n) is 4.87. The maximum Gasteiger partial charge on any atom is 0.121 e. The van der Waals surface area contributed by atoms with E-state index in [-0.39, 0.29) is 5.60 Å². The van der Waals surface area contributed by atoms with Crippen LogP contribution in [0.3, 0.4) is 0 Å². The number of aliphatic hydroxyl groups is 1. The highest BCUT2D eigenvalue weighted by molar-refractivity contribution is 5.58. The number of hydrogen-bond acceptors (Lipinski definition) is 1. The van der Waals surface area contributed by atoms with Gasteiger partial charge in [0.2, 0.25) is 0 Å². The zero-order valence-electron chi connectivity index (χ0n) is 5.29. The van der Waals surface area contributed by atoms with Gasteiger partial charge in [0.15, 0.2) is 0 Å². The minimum atomic E-state index is -0.718. The molecule has 10 heavy (non-hydrogen) atoms. The average Bonchev–Trinajstić information content (AvgIpc) is 1.99. The lowest BCUT2D eigenvalue weighted by atomic mass is 8.98. The van der Waals surface area contributed by atoms with E-state index in [1.807, 2.05) is 0 Å². The first-order valence-electron chi connectivity index (χ1n) is 4.14. The maximum absolute atomic E-state index is 13.5. The van der Waals surface area contributed by atoms with Gasteiger partial charge in [-0.25, -0.2) is 4.39 Å². The van der Waals surface area contributed by atoms with E-state index in [9.17, 15) is 9.50 Å². The molecule has 0 bridgehead atoms. The van der Waals surface area contributed by atoms with Crippen LogP contribution >= 0.6 is 0 Å². The molecule has 0 amide bonds. The van der Waals surface area contributed by atoms with Gasteiger partial charge >= 0.3 is 0 Å². The molecular formula is C8H7FO. The molecule has 0 aliphatic heterocycles. The van der Waals surface area contributed by atoms with Crippen LogP contribution in [0.25, 0.3) is 0 Å². The zero-order valence-corrected chi connectivity index (χ0v) is 5.29. The Morgan fingerprint density at radius 2 is 1.30 bits per heavy atom. The lowest BCUT2D eigenvalue weighted by Crippen LogP contribution is -3.14. The smallest absolute Gasteiger partial charge is 0.121 e. The predicted octanol–water partition coefficient (Wildman–Crippen LogP) is 0.191. The molecule has 0 heterocycles. The Bertz CT molecular complexity index is 214. The van der Waals surface area contributed by atoms with Crippen LogP contribution in [0, 0.1) is 35.5 Å². The third-order valence-electron chi connectivity index (χ3n) is 5.46. The summed E-state index contributed by atoms with van der Waals surface area (Å²) in [6.45, 7) is 0. The minimum absolute atomic E-state index is 0.298. The largest absolute Gasteiger partial charge is 0.389 e. The highest BCUT2D eigenvalue weighted by atomic mass is 19.1. The molecule has 1 nitrogen and oxygen atoms in total. The van der Waals surface area contributed by atoms with E-state index in [0.717, 1.165) is 0 Å². The molecule has 0 radical (unpaired) electrons. The number of hydrogen-bond donors (Lipinski definition) is 1. The van der Waals surface area contributed by atoms with Gasteiger partial charge in [0, 0.05) is 35.5 Å². The van der Waals surface area contributed by atoms with Crippen molar-refractivity contribution in [2.75, 3.05) is 0 Å². The van der Waals surface area contributed by atoms with E-state index in [1.54, 1.807) is 0 Å². The SMILES string of the molecule is OC12C3C4C1C1C2C3C41F. The second kappa shape index (κ2) is 0.619. The van der Waals surface area contributed by atoms with Crippen LogP contribution in [0.4, 0.5) is 4.39 Å². The molecule has 1 N–H and O–H groups in total. The van der Waals surface area contributed by atoms with E-state index < -0.39 is 5.67 Å². The molecule has 6 aliphatic rings. The van der Waals surface area contributed by atoms with E-state index >= 15 is 0 Å². The molecule has 6 aliphatic carbocycles. The topological polar surface area (TPSA) is 20.2 Å². The van der Waals surface area contributed by atoms with Gasteiger partial charge in [-0.15, -0.1) is 0 Å². The third-order valence-corrected chi connectivity index (χ3v) is 5.46. The molecule has 0 atom stereocenters. The minimum Gasteiger partial charge on any atom is -0.389 e. The molecule has 0 unspecified atom stereocenters. The summed E-state index contributed by atoms with van der Waals surface area (Å²) < 4.78 is 13.5. The fraction of sp³-hybridized carbons (Fsp3) is 1.00. The summed E-state index contributed by atoms with van der Waals surface area (Å²) in [5.74, 6) is 2.28. The van der Waals surface area contributed by atoms with Crippen LogP contribution in [-0.2, 0) is 0 Å². The first-order chi connectivity index (χ1) is 4.73. The van der Waals surface area contributed by atoms with Gasteiger partial charge in [-0.2, -0.15) is 0 Å². The fourth-order valence-electron chi connectivity index (χ4n) is 5.34. The first kappa shape index (κ1) is 4.05. The van der Waals surface area contributed by atoms with Crippen molar-refractivity contribution in [3.63, 3.8) is 0 Å². The Morgan fingerprint density at radius 1 is 0.900 bits per heavy atom. The average molecular weight is 138 g/mol. The van der Waals surface area contributed by atoms with E-state index in [4.69, 9.17) is 0 Å². The lowest BCUT2D eigenvalue weighted by Gasteiger charge is -3.07. The molecule has 0 aromatic rings. The molecule has 0 spiro atoms. The van der Waals surface area contributed by atoms with Crippen LogP contribution in [0.5, 0.6) is 0 Å². The molecule has 2 heteroatoms. The Balaban J connectivity index is 1.87. The summed E-state index contributed by atoms with van der Waals surface area (Å²) in [4.78, 5) is 0. The maximum atomic E-state index is 13.5. The van der Waals surface area contributed by atoms with Crippen LogP contribution in [0.2, 0.25) is 0 Å². The van der Waals surface area contributed by atoms with Gasteiger partial charge in [-0.1, -0.05) is 0 Å². The summed E-state index contributed by atoms with van der Waals surface area (Å²) in [6.07, 6.45) is 0. The monoisotopic (exact) mass is 138 g/mol. The van der Waals surface area contributed by atoms with Crippen LogP contribution in [-0.4, -0.2) is 16.4 Å². The van der Waals surface area contributed by atoms with Gasteiger partial charge in [0.05, 0.1) is 5.60 Å². The van der Waals surface area contributed by atoms with Crippen molar-refractivity contribution < 1.29 is 9.50 Å². The summed E-state index contributed by atoms with van der Waals surface area (Å²) >= 11 is 0. The number of alkyl halides is 1. The van der Waals surface area contributed by atoms with Gasteiger partial charge in [0.25, 0.3) is 0 Å². The Labute approximate surface area is 57.2 Å². The molecule has 6 fully saturated rings. The van der Waals surface area contributed by atoms with Crippen molar-refractivity contribution in [1.82, 2.24) is 0 Å². The van der Waals surface area contributed by atoms with Crippen LogP contribution < -0.4 is 0 Å². The first-order valence-corrected chi connectivity index (χ1v) is 4.14. The van der Waals surface area contributed by atoms with Crippen molar-refractivity contribution in [3.05, 3.63) is 0 Å². The number of rotatable bonds is 0. The van der Waals surface area contributed by atoms with Gasteiger partial charge in [-0.05, 0) is 0 Å². The normalized spacial score (nSPS) is 104. The standard InChI is InChI=1S/C8H7FO/c9-7-1-4-2(7)6-3(7)5(1)8(4,6)10/h1-6,10H. The highest BCUT2D eigenvalue weighted by Gasteiger charge is 3.11. The molecule has 0 aromatic heterocycles. The van der Waals surface area contributed by atoms with E-state index in [0.29, 0.717) is 35.5 Å². The van der Waals surface area contributed by atoms with E-state index in [1.165, 1.54) is 0 Å². The Morgan fingerprint density at radius 3 is 1.60 bits per heavy atom. The zero-order chi connectivity index (χ0) is 6.46. The molecule has 6 saturated carbocycles. The lowest BCUT2D eigenvalue weighted by molar-refractivity contribution is -0.652.